The Kier molecular flexibility index (Phi) is 6.81. The molecule has 0 bridgehead atoms. The van der Waals surface area contributed by atoms with Crippen LogP contribution in [0.15, 0.2) is 53.4 Å². The van der Waals surface area contributed by atoms with Crippen LogP contribution in [0.1, 0.15) is 20.3 Å². The van der Waals surface area contributed by atoms with Gasteiger partial charge in [0.15, 0.2) is 6.10 Å². The van der Waals surface area contributed by atoms with Crippen molar-refractivity contribution < 1.29 is 9.53 Å². The number of carbonyl (C=O) groups excluding carboxylic acids is 1. The average molecular weight is 350 g/mol. The maximum absolute atomic E-state index is 12.5. The third-order valence-corrected chi connectivity index (χ3v) is 4.48. The lowest BCUT2D eigenvalue weighted by molar-refractivity contribution is -0.122. The van der Waals surface area contributed by atoms with Crippen molar-refractivity contribution in [2.75, 3.05) is 11.1 Å². The van der Waals surface area contributed by atoms with Gasteiger partial charge in [0, 0.05) is 4.90 Å². The summed E-state index contributed by atoms with van der Waals surface area (Å²) in [5.41, 5.74) is 0.811. The summed E-state index contributed by atoms with van der Waals surface area (Å²) in [6.45, 7) is 3.99. The first kappa shape index (κ1) is 17.7. The molecule has 0 aliphatic carbocycles. The van der Waals surface area contributed by atoms with E-state index in [0.717, 1.165) is 16.3 Å². The largest absolute Gasteiger partial charge is 0.479 e. The summed E-state index contributed by atoms with van der Waals surface area (Å²) < 4.78 is 5.78. The summed E-state index contributed by atoms with van der Waals surface area (Å²) in [6.07, 6.45) is -0.0327. The lowest BCUT2D eigenvalue weighted by Crippen LogP contribution is -2.32. The molecule has 1 amide bonds. The molecule has 2 rings (SSSR count). The molecule has 0 radical (unpaired) electrons. The van der Waals surface area contributed by atoms with Gasteiger partial charge >= 0.3 is 0 Å². The van der Waals surface area contributed by atoms with Crippen LogP contribution in [-0.2, 0) is 4.79 Å². The quantitative estimate of drug-likeness (QED) is 0.694. The van der Waals surface area contributed by atoms with Gasteiger partial charge < -0.3 is 10.1 Å². The molecule has 23 heavy (non-hydrogen) atoms. The number of carbonyl (C=O) groups is 1. The molecule has 3 nitrogen and oxygen atoms in total. The number of hydrogen-bond acceptors (Lipinski definition) is 3. The summed E-state index contributed by atoms with van der Waals surface area (Å²) in [4.78, 5) is 13.6. The number of ether oxygens (including phenoxy) is 1. The minimum Gasteiger partial charge on any atom is -0.479 e. The van der Waals surface area contributed by atoms with Crippen LogP contribution in [0.2, 0.25) is 5.02 Å². The number of nitrogens with one attached hydrogen (secondary N) is 1. The van der Waals surface area contributed by atoms with Gasteiger partial charge in [-0.05, 0) is 36.4 Å². The highest BCUT2D eigenvalue weighted by atomic mass is 35.5. The Balaban J connectivity index is 2.10. The molecule has 2 aromatic rings. The highest BCUT2D eigenvalue weighted by Gasteiger charge is 2.20. The predicted molar refractivity (Wildman–Crippen MR) is 97.6 cm³/mol. The number of amides is 1. The first-order valence-electron chi connectivity index (χ1n) is 7.59. The Morgan fingerprint density at radius 1 is 1.17 bits per heavy atom. The van der Waals surface area contributed by atoms with Gasteiger partial charge in [-0.1, -0.05) is 49.7 Å². The molecule has 0 spiro atoms. The summed E-state index contributed by atoms with van der Waals surface area (Å²) in [5, 5.41) is 3.46. The first-order chi connectivity index (χ1) is 11.2. The Morgan fingerprint density at radius 3 is 2.57 bits per heavy atom. The Hall–Kier alpha value is -1.65. The van der Waals surface area contributed by atoms with Crippen molar-refractivity contribution in [3.05, 3.63) is 53.6 Å². The maximum atomic E-state index is 12.5. The van der Waals surface area contributed by atoms with Crippen molar-refractivity contribution in [2.45, 2.75) is 31.3 Å². The number of thioether (sulfide) groups is 1. The molecule has 0 saturated heterocycles. The molecule has 5 heteroatoms. The fraction of sp³-hybridized carbons (Fsp3) is 0.278. The third kappa shape index (κ3) is 4.91. The zero-order chi connectivity index (χ0) is 16.7. The SMILES string of the molecule is CCSc1ccccc1NC(=O)[C@@H](CC)Oc1ccccc1Cl. The van der Waals surface area contributed by atoms with Crippen LogP contribution < -0.4 is 10.1 Å². The van der Waals surface area contributed by atoms with Crippen LogP contribution in [0, 0.1) is 0 Å². The average Bonchev–Trinajstić information content (AvgIpc) is 2.56. The van der Waals surface area contributed by atoms with E-state index in [1.165, 1.54) is 0 Å². The minimum atomic E-state index is -0.588. The van der Waals surface area contributed by atoms with Gasteiger partial charge in [0.2, 0.25) is 0 Å². The zero-order valence-electron chi connectivity index (χ0n) is 13.2. The number of para-hydroxylation sites is 2. The van der Waals surface area contributed by atoms with Crippen LogP contribution >= 0.6 is 23.4 Å². The molecule has 1 N–H and O–H groups in total. The van der Waals surface area contributed by atoms with Gasteiger partial charge in [-0.15, -0.1) is 11.8 Å². The van der Waals surface area contributed by atoms with Crippen LogP contribution in [0.5, 0.6) is 5.75 Å². The van der Waals surface area contributed by atoms with Crippen molar-refractivity contribution in [3.8, 4) is 5.75 Å². The topological polar surface area (TPSA) is 38.3 Å². The number of benzene rings is 2. The Bertz CT molecular complexity index is 663. The number of hydrogen-bond donors (Lipinski definition) is 1. The van der Waals surface area contributed by atoms with Crippen molar-refractivity contribution in [2.24, 2.45) is 0 Å². The van der Waals surface area contributed by atoms with E-state index in [-0.39, 0.29) is 5.91 Å². The van der Waals surface area contributed by atoms with Gasteiger partial charge in [0.1, 0.15) is 5.75 Å². The van der Waals surface area contributed by atoms with E-state index in [4.69, 9.17) is 16.3 Å². The molecule has 0 fully saturated rings. The molecule has 2 aromatic carbocycles. The summed E-state index contributed by atoms with van der Waals surface area (Å²) in [6, 6.07) is 14.9. The molecule has 0 saturated carbocycles. The van der Waals surface area contributed by atoms with Gasteiger partial charge in [-0.25, -0.2) is 0 Å². The first-order valence-corrected chi connectivity index (χ1v) is 8.96. The minimum absolute atomic E-state index is 0.170. The van der Waals surface area contributed by atoms with Crippen molar-refractivity contribution in [1.29, 1.82) is 0 Å². The molecular weight excluding hydrogens is 330 g/mol. The highest BCUT2D eigenvalue weighted by Crippen LogP contribution is 2.28. The van der Waals surface area contributed by atoms with Gasteiger partial charge in [0.25, 0.3) is 5.91 Å². The second-order valence-corrected chi connectivity index (χ2v) is 6.58. The second kappa shape index (κ2) is 8.85. The van der Waals surface area contributed by atoms with Crippen LogP contribution in [0.3, 0.4) is 0 Å². The van der Waals surface area contributed by atoms with E-state index in [2.05, 4.69) is 12.2 Å². The van der Waals surface area contributed by atoms with Gasteiger partial charge in [-0.3, -0.25) is 4.79 Å². The fourth-order valence-electron chi connectivity index (χ4n) is 2.08. The Labute approximate surface area is 146 Å². The normalized spacial score (nSPS) is 11.8. The highest BCUT2D eigenvalue weighted by molar-refractivity contribution is 7.99. The standard InChI is InChI=1S/C18H20ClNO2S/c1-3-15(22-16-11-7-5-9-13(16)19)18(21)20-14-10-6-8-12-17(14)23-4-2/h5-12,15H,3-4H2,1-2H3,(H,20,21)/t15-/m1/s1. The summed E-state index contributed by atoms with van der Waals surface area (Å²) in [7, 11) is 0. The van der Waals surface area contributed by atoms with E-state index >= 15 is 0 Å². The van der Waals surface area contributed by atoms with Crippen LogP contribution in [-0.4, -0.2) is 17.8 Å². The molecular formula is C18H20ClNO2S. The summed E-state index contributed by atoms with van der Waals surface area (Å²) in [5.74, 6) is 1.30. The second-order valence-electron chi connectivity index (χ2n) is 4.86. The van der Waals surface area contributed by atoms with E-state index in [1.807, 2.05) is 43.3 Å². The van der Waals surface area contributed by atoms with E-state index in [1.54, 1.807) is 23.9 Å². The number of anilines is 1. The van der Waals surface area contributed by atoms with Gasteiger partial charge in [-0.2, -0.15) is 0 Å². The lowest BCUT2D eigenvalue weighted by atomic mass is 10.2. The smallest absolute Gasteiger partial charge is 0.265 e. The Morgan fingerprint density at radius 2 is 1.87 bits per heavy atom. The van der Waals surface area contributed by atoms with Gasteiger partial charge in [0.05, 0.1) is 10.7 Å². The van der Waals surface area contributed by atoms with Crippen molar-refractivity contribution in [3.63, 3.8) is 0 Å². The molecule has 0 aliphatic rings. The molecule has 0 aliphatic heterocycles. The van der Waals surface area contributed by atoms with E-state index in [9.17, 15) is 4.79 Å². The maximum Gasteiger partial charge on any atom is 0.265 e. The number of rotatable bonds is 7. The van der Waals surface area contributed by atoms with Crippen molar-refractivity contribution >= 4 is 35.0 Å². The van der Waals surface area contributed by atoms with Crippen LogP contribution in [0.4, 0.5) is 5.69 Å². The van der Waals surface area contributed by atoms with E-state index < -0.39 is 6.10 Å². The fourth-order valence-corrected chi connectivity index (χ4v) is 3.02. The summed E-state index contributed by atoms with van der Waals surface area (Å²) >= 11 is 7.79. The molecule has 122 valence electrons. The zero-order valence-corrected chi connectivity index (χ0v) is 14.8. The van der Waals surface area contributed by atoms with Crippen LogP contribution in [0.25, 0.3) is 0 Å². The molecule has 0 heterocycles. The number of halogens is 1. The van der Waals surface area contributed by atoms with E-state index in [0.29, 0.717) is 17.2 Å². The third-order valence-electron chi connectivity index (χ3n) is 3.21. The molecule has 0 unspecified atom stereocenters. The monoisotopic (exact) mass is 349 g/mol. The molecule has 1 atom stereocenters. The van der Waals surface area contributed by atoms with Crippen molar-refractivity contribution in [1.82, 2.24) is 0 Å². The lowest BCUT2D eigenvalue weighted by Gasteiger charge is -2.19. The molecule has 0 aromatic heterocycles. The predicted octanol–water partition coefficient (Wildman–Crippen LogP) is 5.25.